The van der Waals surface area contributed by atoms with Crippen molar-refractivity contribution in [3.8, 4) is 11.5 Å². The Hall–Kier alpha value is -6.20. The van der Waals surface area contributed by atoms with E-state index in [4.69, 9.17) is 78.4 Å². The summed E-state index contributed by atoms with van der Waals surface area (Å²) in [6.45, 7) is 10.5. The lowest BCUT2D eigenvalue weighted by atomic mass is 10.1. The summed E-state index contributed by atoms with van der Waals surface area (Å²) < 4.78 is 40.8. The minimum Gasteiger partial charge on any atom is -0.491 e. The molecule has 1 aromatic heterocycles. The second kappa shape index (κ2) is 41.2. The lowest BCUT2D eigenvalue weighted by Gasteiger charge is -2.38. The van der Waals surface area contributed by atoms with Crippen molar-refractivity contribution in [2.45, 2.75) is 89.5 Å². The molecule has 4 rings (SSSR count). The highest BCUT2D eigenvalue weighted by atomic mass is 35.5. The summed E-state index contributed by atoms with van der Waals surface area (Å²) in [6.07, 6.45) is 3.49. The van der Waals surface area contributed by atoms with Crippen molar-refractivity contribution in [3.63, 3.8) is 0 Å². The average molecular weight is 1290 g/mol. The van der Waals surface area contributed by atoms with E-state index in [1.807, 2.05) is 29.7 Å². The van der Waals surface area contributed by atoms with E-state index in [2.05, 4.69) is 92.2 Å². The molecule has 0 bridgehead atoms. The first-order valence-electron chi connectivity index (χ1n) is 30.4. The number of benzene rings is 3. The number of anilines is 3. The Kier molecular flexibility index (Phi) is 34.9. The third kappa shape index (κ3) is 28.7. The Morgan fingerprint density at radius 1 is 0.551 bits per heavy atom. The van der Waals surface area contributed by atoms with Crippen molar-refractivity contribution in [3.05, 3.63) is 99.3 Å². The first kappa shape index (κ1) is 75.3. The van der Waals surface area contributed by atoms with Crippen LogP contribution in [0.3, 0.4) is 0 Å². The Balaban J connectivity index is 0.915. The summed E-state index contributed by atoms with van der Waals surface area (Å²) >= 11 is 12.1. The number of amides is 4. The van der Waals surface area contributed by atoms with Crippen LogP contribution in [0, 0.1) is 0 Å². The number of aliphatic hydroxyl groups excluding tert-OH is 2. The molecular weight excluding hydrogens is 1190 g/mol. The van der Waals surface area contributed by atoms with Crippen molar-refractivity contribution >= 4 is 64.2 Å². The molecular formula is C62H97Cl2N11O14+2. The predicted octanol–water partition coefficient (Wildman–Crippen LogP) is 4.17. The average Bonchev–Trinajstić information content (AvgIpc) is 3.72. The highest BCUT2D eigenvalue weighted by Crippen LogP contribution is 2.23. The molecule has 2 unspecified atom stereocenters. The minimum absolute atomic E-state index is 0.0192. The third-order valence-corrected chi connectivity index (χ3v) is 15.4. The van der Waals surface area contributed by atoms with Crippen LogP contribution in [0.15, 0.2) is 66.7 Å². The highest BCUT2D eigenvalue weighted by Gasteiger charge is 2.32. The molecule has 0 aliphatic rings. The number of hydrogen-bond acceptors (Lipinski definition) is 19. The zero-order valence-corrected chi connectivity index (χ0v) is 54.1. The molecule has 0 aliphatic heterocycles. The number of likely N-dealkylation sites (N-methyl/N-ethyl adjacent to an activating group) is 2. The number of nitrogens with zero attached hydrogens (tertiary/aromatic N) is 4. The van der Waals surface area contributed by atoms with E-state index < -0.39 is 29.9 Å². The highest BCUT2D eigenvalue weighted by molar-refractivity contribution is 6.33. The summed E-state index contributed by atoms with van der Waals surface area (Å²) in [5.74, 6) is -1.28. The number of nitrogens with two attached hydrogens (primary N) is 3. The molecule has 25 nitrogen and oxygen atoms in total. The van der Waals surface area contributed by atoms with Gasteiger partial charge in [0.05, 0.1) is 138 Å². The Morgan fingerprint density at radius 2 is 1.00 bits per heavy atom. The van der Waals surface area contributed by atoms with Gasteiger partial charge in [-0.25, -0.2) is 15.4 Å². The van der Waals surface area contributed by atoms with Gasteiger partial charge < -0.3 is 85.5 Å². The zero-order chi connectivity index (χ0) is 65.0. The molecule has 0 saturated carbocycles. The second-order valence-corrected chi connectivity index (χ2v) is 23.2. The molecule has 4 amide bonds. The Bertz CT molecular complexity index is 2720. The fourth-order valence-corrected chi connectivity index (χ4v) is 9.73. The summed E-state index contributed by atoms with van der Waals surface area (Å²) in [7, 11) is 8.77. The molecule has 3 aromatic carbocycles. The predicted molar refractivity (Wildman–Crippen MR) is 341 cm³/mol. The van der Waals surface area contributed by atoms with Crippen LogP contribution in [0.4, 0.5) is 17.3 Å². The fourth-order valence-electron chi connectivity index (χ4n) is 9.42. The third-order valence-electron chi connectivity index (χ3n) is 14.8. The van der Waals surface area contributed by atoms with Crippen LogP contribution in [-0.4, -0.2) is 224 Å². The molecule has 12 N–H and O–H groups in total. The number of quaternary nitrogens is 2. The van der Waals surface area contributed by atoms with Gasteiger partial charge in [0.15, 0.2) is 34.7 Å². The Morgan fingerprint density at radius 3 is 1.48 bits per heavy atom. The minimum atomic E-state index is -2.08. The number of aryl methyl sites for hydroxylation is 2. The maximum Gasteiger partial charge on any atom is 0.275 e. The van der Waals surface area contributed by atoms with Gasteiger partial charge in [0, 0.05) is 37.8 Å². The number of hydroxylamine groups is 1. The van der Waals surface area contributed by atoms with Gasteiger partial charge in [-0.1, -0.05) is 74.2 Å². The maximum absolute atomic E-state index is 12.9. The number of rotatable bonds is 47. The number of hydrogen-bond donors (Lipinski definition) is 9. The van der Waals surface area contributed by atoms with Gasteiger partial charge in [-0.3, -0.25) is 24.0 Å². The van der Waals surface area contributed by atoms with Crippen molar-refractivity contribution in [1.29, 1.82) is 0 Å². The fraction of sp³-hybridized carbons (Fsp3) is 0.581. The SMILES string of the molecule is CCC[C@@H](CNC(=O)c1ccc(N)c(Cl)c1)[N+](C)(C)CCCc1ccc(OCCOCCOCCONC(=O)C(O)C(O)C(=O)NCCOCCOCCOCCOc2ccc(CCC[N+](C)(C)[C@@H](CCC)CNC(=O)c3nc(Cl)c(N)nc3N)cc2)cc1. The van der Waals surface area contributed by atoms with Crippen LogP contribution >= 0.6 is 23.2 Å². The van der Waals surface area contributed by atoms with Crippen molar-refractivity contribution < 1.29 is 76.4 Å². The van der Waals surface area contributed by atoms with Gasteiger partial charge in [0.1, 0.15) is 36.8 Å². The number of nitrogen functional groups attached to an aromatic ring is 3. The number of carbonyl (C=O) groups is 4. The van der Waals surface area contributed by atoms with E-state index in [1.54, 1.807) is 18.2 Å². The van der Waals surface area contributed by atoms with E-state index in [0.717, 1.165) is 84.9 Å². The summed E-state index contributed by atoms with van der Waals surface area (Å²) in [4.78, 5) is 63.2. The van der Waals surface area contributed by atoms with Gasteiger partial charge in [0.25, 0.3) is 23.6 Å². The Labute approximate surface area is 534 Å². The van der Waals surface area contributed by atoms with Crippen LogP contribution in [0.5, 0.6) is 11.5 Å². The lowest BCUT2D eigenvalue weighted by Crippen LogP contribution is -2.54. The molecule has 0 aliphatic carbocycles. The molecule has 0 radical (unpaired) electrons. The number of carbonyl (C=O) groups excluding carboxylic acids is 4. The number of halogens is 2. The summed E-state index contributed by atoms with van der Waals surface area (Å²) in [6, 6.07) is 21.4. The van der Waals surface area contributed by atoms with Gasteiger partial charge in [-0.15, -0.1) is 0 Å². The first-order valence-corrected chi connectivity index (χ1v) is 31.1. The van der Waals surface area contributed by atoms with E-state index in [1.165, 1.54) is 11.1 Å². The molecule has 27 heteroatoms. The van der Waals surface area contributed by atoms with Crippen LogP contribution in [-0.2, 0) is 51.0 Å². The van der Waals surface area contributed by atoms with E-state index in [0.29, 0.717) is 75.6 Å². The molecule has 89 heavy (non-hydrogen) atoms. The normalized spacial score (nSPS) is 13.1. The van der Waals surface area contributed by atoms with E-state index in [9.17, 15) is 29.4 Å². The second-order valence-electron chi connectivity index (χ2n) is 22.4. The zero-order valence-electron chi connectivity index (χ0n) is 52.6. The number of aromatic nitrogens is 2. The first-order chi connectivity index (χ1) is 42.6. The lowest BCUT2D eigenvalue weighted by molar-refractivity contribution is -0.914. The molecule has 4 aromatic rings. The van der Waals surface area contributed by atoms with E-state index >= 15 is 0 Å². The number of ether oxygens (including phenoxy) is 7. The topological polar surface area (TPSA) is 335 Å². The van der Waals surface area contributed by atoms with Crippen molar-refractivity contribution in [1.82, 2.24) is 31.4 Å². The molecule has 0 saturated heterocycles. The van der Waals surface area contributed by atoms with Gasteiger partial charge in [-0.05, 0) is 66.4 Å². The van der Waals surface area contributed by atoms with Gasteiger partial charge in [-0.2, -0.15) is 0 Å². The van der Waals surface area contributed by atoms with Crippen molar-refractivity contribution in [2.24, 2.45) is 0 Å². The molecule has 0 fully saturated rings. The molecule has 0 spiro atoms. The van der Waals surface area contributed by atoms with E-state index in [-0.39, 0.29) is 86.7 Å². The number of aliphatic hydroxyl groups is 2. The van der Waals surface area contributed by atoms with Gasteiger partial charge in [0.2, 0.25) is 0 Å². The smallest absolute Gasteiger partial charge is 0.275 e. The van der Waals surface area contributed by atoms with Crippen LogP contribution in [0.1, 0.15) is 84.3 Å². The standard InChI is InChI=1S/C62H95Cl2N11O14/c1-7-11-47(42-69-59(78)46-19-24-52(65)51(63)41-46)74(3,4)26-9-13-44-15-20-50(21-16-44)88-39-36-85-33-34-86-37-40-89-73-62(81)55(77)54(76)61(80)68-25-28-82-29-30-83-31-32-84-35-38-87-49-22-17-45(18-23-49)14-10-27-75(5,6)48(12-8-2)43-70-60(79)53-57(66)72-58(67)56(64)71-53/h15-24,41,47-48,54-55,76-77H,7-14,25-40,42-43H2,1-6H3,(H8-2,65,66,67,68,69,70,72,73,78,79,80,81)/p+2/t47-,48-,54?,55?/m0/s1. The molecule has 496 valence electrons. The maximum atomic E-state index is 12.9. The van der Waals surface area contributed by atoms with Crippen LogP contribution < -0.4 is 48.1 Å². The largest absolute Gasteiger partial charge is 0.491 e. The number of nitrogens with one attached hydrogen (secondary N) is 4. The molecule has 4 atom stereocenters. The van der Waals surface area contributed by atoms with Crippen LogP contribution in [0.25, 0.3) is 0 Å². The molecule has 1 heterocycles. The summed E-state index contributed by atoms with van der Waals surface area (Å²) in [5.41, 5.74) is 22.6. The summed E-state index contributed by atoms with van der Waals surface area (Å²) in [5, 5.41) is 29.1. The monoisotopic (exact) mass is 1290 g/mol. The van der Waals surface area contributed by atoms with Gasteiger partial charge >= 0.3 is 0 Å². The van der Waals surface area contributed by atoms with Crippen molar-refractivity contribution in [2.75, 3.05) is 164 Å². The quantitative estimate of drug-likeness (QED) is 0.0130. The van der Waals surface area contributed by atoms with Crippen LogP contribution in [0.2, 0.25) is 10.2 Å².